The summed E-state index contributed by atoms with van der Waals surface area (Å²) in [5.41, 5.74) is 0.311. The maximum atomic E-state index is 13.0. The van der Waals surface area contributed by atoms with Gasteiger partial charge < -0.3 is 5.11 Å². The monoisotopic (exact) mass is 261 g/mol. The van der Waals surface area contributed by atoms with Crippen molar-refractivity contribution in [2.24, 2.45) is 0 Å². The Labute approximate surface area is 101 Å². The fraction of sp³-hybridized carbons (Fsp3) is 0.455. The number of benzene rings is 1. The van der Waals surface area contributed by atoms with Crippen LogP contribution in [-0.4, -0.2) is 32.4 Å². The molecule has 0 aliphatic rings. The van der Waals surface area contributed by atoms with Gasteiger partial charge in [-0.25, -0.2) is 12.8 Å². The summed E-state index contributed by atoms with van der Waals surface area (Å²) >= 11 is 0. The van der Waals surface area contributed by atoms with E-state index in [2.05, 4.69) is 0 Å². The van der Waals surface area contributed by atoms with Gasteiger partial charge in [0.05, 0.1) is 11.4 Å². The molecule has 0 aliphatic heterocycles. The lowest BCUT2D eigenvalue weighted by molar-refractivity contribution is 0.295. The van der Waals surface area contributed by atoms with Crippen LogP contribution in [0.1, 0.15) is 13.3 Å². The molecule has 0 spiro atoms. The molecule has 0 saturated carbocycles. The van der Waals surface area contributed by atoms with Gasteiger partial charge in [0.15, 0.2) is 0 Å². The summed E-state index contributed by atoms with van der Waals surface area (Å²) in [6, 6.07) is 5.45. The lowest BCUT2D eigenvalue weighted by atomic mass is 10.3. The summed E-state index contributed by atoms with van der Waals surface area (Å²) in [4.78, 5) is 0. The normalized spacial score (nSPS) is 11.5. The Morgan fingerprint density at radius 2 is 2.12 bits per heavy atom. The zero-order valence-corrected chi connectivity index (χ0v) is 10.5. The Hall–Kier alpha value is -1.14. The summed E-state index contributed by atoms with van der Waals surface area (Å²) < 4.78 is 38.0. The molecule has 6 heteroatoms. The number of sulfonamides is 1. The van der Waals surface area contributed by atoms with Crippen LogP contribution in [0.4, 0.5) is 10.1 Å². The first-order valence-corrected chi connectivity index (χ1v) is 6.99. The Morgan fingerprint density at radius 3 is 2.65 bits per heavy atom. The quantitative estimate of drug-likeness (QED) is 0.841. The van der Waals surface area contributed by atoms with E-state index in [1.807, 2.05) is 0 Å². The summed E-state index contributed by atoms with van der Waals surface area (Å²) in [7, 11) is -3.50. The van der Waals surface area contributed by atoms with Crippen LogP contribution in [0.3, 0.4) is 0 Å². The molecule has 0 aliphatic carbocycles. The minimum Gasteiger partial charge on any atom is -0.396 e. The Morgan fingerprint density at radius 1 is 1.41 bits per heavy atom. The van der Waals surface area contributed by atoms with E-state index in [0.717, 1.165) is 4.31 Å². The highest BCUT2D eigenvalue weighted by Gasteiger charge is 2.20. The lowest BCUT2D eigenvalue weighted by Crippen LogP contribution is -2.33. The van der Waals surface area contributed by atoms with Gasteiger partial charge in [-0.3, -0.25) is 4.31 Å². The highest BCUT2D eigenvalue weighted by Crippen LogP contribution is 2.19. The second-order valence-corrected chi connectivity index (χ2v) is 5.55. The zero-order valence-electron chi connectivity index (χ0n) is 9.63. The van der Waals surface area contributed by atoms with Crippen LogP contribution >= 0.6 is 0 Å². The molecule has 1 aromatic rings. The van der Waals surface area contributed by atoms with Crippen molar-refractivity contribution in [1.82, 2.24) is 0 Å². The van der Waals surface area contributed by atoms with E-state index in [1.165, 1.54) is 18.2 Å². The van der Waals surface area contributed by atoms with Crippen molar-refractivity contribution >= 4 is 15.7 Å². The van der Waals surface area contributed by atoms with E-state index in [4.69, 9.17) is 5.11 Å². The third-order valence-electron chi connectivity index (χ3n) is 2.28. The molecule has 0 bridgehead atoms. The van der Waals surface area contributed by atoms with Crippen LogP contribution in [0.2, 0.25) is 0 Å². The van der Waals surface area contributed by atoms with E-state index in [1.54, 1.807) is 13.0 Å². The molecule has 0 radical (unpaired) electrons. The molecule has 0 fully saturated rings. The van der Waals surface area contributed by atoms with Crippen LogP contribution < -0.4 is 4.31 Å². The molecule has 4 nitrogen and oxygen atoms in total. The summed E-state index contributed by atoms with van der Waals surface area (Å²) in [6.45, 7) is 1.73. The van der Waals surface area contributed by atoms with Gasteiger partial charge in [-0.15, -0.1) is 0 Å². The van der Waals surface area contributed by atoms with Crippen molar-refractivity contribution in [2.45, 2.75) is 13.3 Å². The molecule has 0 atom stereocenters. The van der Waals surface area contributed by atoms with E-state index < -0.39 is 15.8 Å². The first-order chi connectivity index (χ1) is 8.01. The number of aliphatic hydroxyl groups excluding tert-OH is 1. The minimum atomic E-state index is -3.50. The predicted octanol–water partition coefficient (Wildman–Crippen LogP) is 1.36. The van der Waals surface area contributed by atoms with Crippen molar-refractivity contribution in [3.05, 3.63) is 30.1 Å². The van der Waals surface area contributed by atoms with Gasteiger partial charge in [0.2, 0.25) is 10.0 Å². The molecule has 0 amide bonds. The van der Waals surface area contributed by atoms with Crippen molar-refractivity contribution < 1.29 is 17.9 Å². The number of hydrogen-bond acceptors (Lipinski definition) is 3. The summed E-state index contributed by atoms with van der Waals surface area (Å²) in [5.74, 6) is -0.619. The maximum absolute atomic E-state index is 13.0. The highest BCUT2D eigenvalue weighted by atomic mass is 32.2. The van der Waals surface area contributed by atoms with Crippen LogP contribution in [0.25, 0.3) is 0 Å². The van der Waals surface area contributed by atoms with Crippen molar-refractivity contribution in [3.63, 3.8) is 0 Å². The molecule has 17 heavy (non-hydrogen) atoms. The number of hydrogen-bond donors (Lipinski definition) is 1. The molecule has 96 valence electrons. The number of nitrogens with zero attached hydrogens (tertiary/aromatic N) is 1. The lowest BCUT2D eigenvalue weighted by Gasteiger charge is -2.22. The van der Waals surface area contributed by atoms with Crippen molar-refractivity contribution in [3.8, 4) is 0 Å². The van der Waals surface area contributed by atoms with Gasteiger partial charge in [0.25, 0.3) is 0 Å². The highest BCUT2D eigenvalue weighted by molar-refractivity contribution is 7.92. The summed E-state index contributed by atoms with van der Waals surface area (Å²) in [5, 5.41) is 8.66. The van der Waals surface area contributed by atoms with E-state index in [-0.39, 0.29) is 25.3 Å². The minimum absolute atomic E-state index is 0.145. The molecule has 1 aromatic carbocycles. The third-order valence-corrected chi connectivity index (χ3v) is 4.22. The van der Waals surface area contributed by atoms with Gasteiger partial charge in [-0.1, -0.05) is 6.07 Å². The second-order valence-electron chi connectivity index (χ2n) is 3.54. The van der Waals surface area contributed by atoms with Crippen LogP contribution in [-0.2, 0) is 10.0 Å². The number of anilines is 1. The van der Waals surface area contributed by atoms with Gasteiger partial charge in [-0.05, 0) is 31.5 Å². The fourth-order valence-electron chi connectivity index (χ4n) is 1.53. The molecule has 0 heterocycles. The topological polar surface area (TPSA) is 57.6 Å². The second kappa shape index (κ2) is 5.97. The largest absolute Gasteiger partial charge is 0.396 e. The maximum Gasteiger partial charge on any atom is 0.235 e. The van der Waals surface area contributed by atoms with Crippen molar-refractivity contribution in [2.75, 3.05) is 23.2 Å². The zero-order chi connectivity index (χ0) is 12.9. The van der Waals surface area contributed by atoms with Crippen LogP contribution in [0.5, 0.6) is 0 Å². The molecule has 0 aromatic heterocycles. The molecular weight excluding hydrogens is 245 g/mol. The van der Waals surface area contributed by atoms with E-state index in [9.17, 15) is 12.8 Å². The van der Waals surface area contributed by atoms with Gasteiger partial charge in [0, 0.05) is 13.2 Å². The third kappa shape index (κ3) is 3.67. The predicted molar refractivity (Wildman–Crippen MR) is 64.9 cm³/mol. The van der Waals surface area contributed by atoms with Gasteiger partial charge in [-0.2, -0.15) is 0 Å². The fourth-order valence-corrected chi connectivity index (χ4v) is 3.07. The smallest absolute Gasteiger partial charge is 0.235 e. The average Bonchev–Trinajstić information content (AvgIpc) is 2.27. The Kier molecular flexibility index (Phi) is 4.89. The van der Waals surface area contributed by atoms with Crippen molar-refractivity contribution in [1.29, 1.82) is 0 Å². The van der Waals surface area contributed by atoms with Crippen LogP contribution in [0, 0.1) is 5.82 Å². The summed E-state index contributed by atoms with van der Waals surface area (Å²) in [6.07, 6.45) is 0.175. The first-order valence-electron chi connectivity index (χ1n) is 5.38. The molecule has 1 rings (SSSR count). The standard InChI is InChI=1S/C11H16FNO3S/c1-2-13(17(15,16)8-4-7-14)11-6-3-5-10(12)9-11/h3,5-6,9,14H,2,4,7-8H2,1H3. The molecule has 0 saturated heterocycles. The van der Waals surface area contributed by atoms with E-state index >= 15 is 0 Å². The molecule has 0 unspecified atom stereocenters. The first kappa shape index (κ1) is 13.9. The Bertz CT molecular complexity index is 462. The molecule has 1 N–H and O–H groups in total. The molecular formula is C11H16FNO3S. The number of halogens is 1. The van der Waals surface area contributed by atoms with Gasteiger partial charge >= 0.3 is 0 Å². The number of rotatable bonds is 6. The van der Waals surface area contributed by atoms with Crippen LogP contribution in [0.15, 0.2) is 24.3 Å². The SMILES string of the molecule is CCN(c1cccc(F)c1)S(=O)(=O)CCCO. The Balaban J connectivity index is 2.99. The average molecular weight is 261 g/mol. The van der Waals surface area contributed by atoms with E-state index in [0.29, 0.717) is 5.69 Å². The number of aliphatic hydroxyl groups is 1. The van der Waals surface area contributed by atoms with Gasteiger partial charge in [0.1, 0.15) is 5.82 Å².